The molecule has 14 heteroatoms. The number of aliphatic hydroxyl groups excluding tert-OH is 7. The summed E-state index contributed by atoms with van der Waals surface area (Å²) >= 11 is 0. The lowest BCUT2D eigenvalue weighted by molar-refractivity contribution is -0.220. The van der Waals surface area contributed by atoms with E-state index in [1.807, 2.05) is 0 Å². The number of phosphoric ester groups is 1. The highest BCUT2D eigenvalue weighted by atomic mass is 31.2. The molecule has 56 heavy (non-hydrogen) atoms. The molecule has 0 aromatic rings. The van der Waals surface area contributed by atoms with Crippen molar-refractivity contribution in [3.8, 4) is 0 Å². The fraction of sp³-hybridized carbons (Fsp3) is 0.929. The van der Waals surface area contributed by atoms with Gasteiger partial charge in [0.15, 0.2) is 0 Å². The summed E-state index contributed by atoms with van der Waals surface area (Å²) in [6.07, 6.45) is 18.4. The topological polar surface area (TPSA) is 226 Å². The monoisotopic (exact) mass is 824 g/mol. The van der Waals surface area contributed by atoms with Crippen LogP contribution in [0, 0.1) is 0 Å². The first-order chi connectivity index (χ1) is 26.8. The van der Waals surface area contributed by atoms with Crippen molar-refractivity contribution in [2.24, 2.45) is 0 Å². The van der Waals surface area contributed by atoms with Gasteiger partial charge in [0.05, 0.1) is 31.3 Å². The van der Waals surface area contributed by atoms with Crippen molar-refractivity contribution in [3.05, 3.63) is 12.2 Å². The van der Waals surface area contributed by atoms with E-state index < -0.39 is 75.2 Å². The van der Waals surface area contributed by atoms with E-state index in [0.29, 0.717) is 12.8 Å². The van der Waals surface area contributed by atoms with Crippen molar-refractivity contribution in [3.63, 3.8) is 0 Å². The Labute approximate surface area is 338 Å². The van der Waals surface area contributed by atoms with E-state index in [-0.39, 0.29) is 12.8 Å². The van der Waals surface area contributed by atoms with E-state index in [2.05, 4.69) is 31.3 Å². The average Bonchev–Trinajstić information content (AvgIpc) is 3.17. The van der Waals surface area contributed by atoms with E-state index in [1.54, 1.807) is 0 Å². The number of hydrogen-bond acceptors (Lipinski definition) is 11. The first kappa shape index (κ1) is 53.1. The Balaban J connectivity index is 2.56. The summed E-state index contributed by atoms with van der Waals surface area (Å²) in [5.74, 6) is -0.569. The number of amides is 1. The number of allylic oxidation sites excluding steroid dienone is 2. The summed E-state index contributed by atoms with van der Waals surface area (Å²) in [4.78, 5) is 23.4. The van der Waals surface area contributed by atoms with Gasteiger partial charge in [0.2, 0.25) is 5.91 Å². The number of hydrogen-bond donors (Lipinski definition) is 9. The summed E-state index contributed by atoms with van der Waals surface area (Å²) in [6, 6.07) is -1.15. The molecule has 9 N–H and O–H groups in total. The van der Waals surface area contributed by atoms with Crippen LogP contribution in [0.4, 0.5) is 0 Å². The number of aliphatic hydroxyl groups is 7. The zero-order valence-corrected chi connectivity index (χ0v) is 35.7. The molecule has 13 nitrogen and oxygen atoms in total. The van der Waals surface area contributed by atoms with Crippen molar-refractivity contribution >= 4 is 13.7 Å². The predicted molar refractivity (Wildman–Crippen MR) is 220 cm³/mol. The summed E-state index contributed by atoms with van der Waals surface area (Å²) in [5.41, 5.74) is 0. The van der Waals surface area contributed by atoms with E-state index in [9.17, 15) is 50.0 Å². The molecule has 332 valence electrons. The van der Waals surface area contributed by atoms with Gasteiger partial charge in [-0.2, -0.15) is 0 Å². The highest BCUT2D eigenvalue weighted by Crippen LogP contribution is 2.47. The Morgan fingerprint density at radius 3 is 1.48 bits per heavy atom. The third-order valence-electron chi connectivity index (χ3n) is 10.9. The van der Waals surface area contributed by atoms with Crippen LogP contribution in [0.25, 0.3) is 0 Å². The van der Waals surface area contributed by atoms with Crippen molar-refractivity contribution in [1.29, 1.82) is 0 Å². The lowest BCUT2D eigenvalue weighted by Gasteiger charge is -2.41. The zero-order chi connectivity index (χ0) is 41.6. The molecule has 0 radical (unpaired) electrons. The molecule has 1 saturated carbocycles. The molecule has 0 aromatic heterocycles. The zero-order valence-electron chi connectivity index (χ0n) is 34.8. The molecule has 0 spiro atoms. The summed E-state index contributed by atoms with van der Waals surface area (Å²) in [5, 5.41) is 74.4. The molecule has 8 atom stereocenters. The number of nitrogens with one attached hydrogen (secondary N) is 1. The predicted octanol–water partition coefficient (Wildman–Crippen LogP) is 6.64. The largest absolute Gasteiger partial charge is 0.472 e. The maximum absolute atomic E-state index is 13.0. The van der Waals surface area contributed by atoms with E-state index in [4.69, 9.17) is 9.05 Å². The van der Waals surface area contributed by atoms with Crippen molar-refractivity contribution < 1.29 is 59.0 Å². The van der Waals surface area contributed by atoms with Crippen molar-refractivity contribution in [1.82, 2.24) is 5.32 Å². The van der Waals surface area contributed by atoms with Gasteiger partial charge in [0.25, 0.3) is 0 Å². The molecule has 8 unspecified atom stereocenters. The van der Waals surface area contributed by atoms with Crippen molar-refractivity contribution in [2.75, 3.05) is 6.61 Å². The first-order valence-corrected chi connectivity index (χ1v) is 23.7. The molecule has 1 amide bonds. The van der Waals surface area contributed by atoms with Crippen LogP contribution in [0.1, 0.15) is 187 Å². The molecule has 1 aliphatic rings. The molecule has 0 aromatic carbocycles. The smallest absolute Gasteiger partial charge is 0.393 e. The number of rotatable bonds is 36. The van der Waals surface area contributed by atoms with Crippen LogP contribution >= 0.6 is 7.82 Å². The Morgan fingerprint density at radius 1 is 0.607 bits per heavy atom. The molecule has 0 bridgehead atoms. The van der Waals surface area contributed by atoms with Crippen LogP contribution in [0.3, 0.4) is 0 Å². The number of carbonyl (C=O) groups excluding carboxylic acids is 1. The third-order valence-corrected chi connectivity index (χ3v) is 11.9. The van der Waals surface area contributed by atoms with Crippen LogP contribution in [0.2, 0.25) is 0 Å². The molecule has 1 fully saturated rings. The van der Waals surface area contributed by atoms with Gasteiger partial charge in [0, 0.05) is 0 Å². The minimum atomic E-state index is -5.11. The number of carbonyl (C=O) groups is 1. The molecule has 1 rings (SSSR count). The Morgan fingerprint density at radius 2 is 1.00 bits per heavy atom. The quantitative estimate of drug-likeness (QED) is 0.0184. The van der Waals surface area contributed by atoms with Crippen LogP contribution < -0.4 is 5.32 Å². The Kier molecular flexibility index (Phi) is 31.1. The normalized spacial score (nSPS) is 24.2. The maximum Gasteiger partial charge on any atom is 0.472 e. The fourth-order valence-electron chi connectivity index (χ4n) is 7.18. The van der Waals surface area contributed by atoms with Gasteiger partial charge in [-0.05, 0) is 38.5 Å². The molecular formula is C42H82NO12P. The highest BCUT2D eigenvalue weighted by Gasteiger charge is 2.51. The Bertz CT molecular complexity index is 1020. The van der Waals surface area contributed by atoms with Gasteiger partial charge in [0.1, 0.15) is 36.6 Å². The maximum atomic E-state index is 13.0. The second-order valence-electron chi connectivity index (χ2n) is 16.1. The van der Waals surface area contributed by atoms with E-state index in [0.717, 1.165) is 57.8 Å². The summed E-state index contributed by atoms with van der Waals surface area (Å²) in [6.45, 7) is 3.76. The molecular weight excluding hydrogens is 741 g/mol. The van der Waals surface area contributed by atoms with Crippen LogP contribution in [0.5, 0.6) is 0 Å². The summed E-state index contributed by atoms with van der Waals surface area (Å²) < 4.78 is 22.9. The van der Waals surface area contributed by atoms with Crippen LogP contribution in [-0.4, -0.2) is 108 Å². The molecule has 0 saturated heterocycles. The first-order valence-electron chi connectivity index (χ1n) is 22.2. The fourth-order valence-corrected chi connectivity index (χ4v) is 8.15. The molecule has 1 aliphatic carbocycles. The van der Waals surface area contributed by atoms with Gasteiger partial charge in [-0.15, -0.1) is 0 Å². The third kappa shape index (κ3) is 24.8. The number of unbranched alkanes of at least 4 members (excludes halogenated alkanes) is 21. The van der Waals surface area contributed by atoms with Gasteiger partial charge < -0.3 is 46.0 Å². The van der Waals surface area contributed by atoms with Crippen LogP contribution in [0.15, 0.2) is 12.2 Å². The molecule has 0 aliphatic heterocycles. The minimum Gasteiger partial charge on any atom is -0.393 e. The average molecular weight is 824 g/mol. The second kappa shape index (κ2) is 32.8. The molecule has 0 heterocycles. The van der Waals surface area contributed by atoms with E-state index in [1.165, 1.54) is 89.9 Å². The highest BCUT2D eigenvalue weighted by molar-refractivity contribution is 7.47. The number of phosphoric acid groups is 1. The van der Waals surface area contributed by atoms with Gasteiger partial charge in [-0.1, -0.05) is 154 Å². The van der Waals surface area contributed by atoms with E-state index >= 15 is 0 Å². The van der Waals surface area contributed by atoms with Crippen molar-refractivity contribution in [2.45, 2.75) is 242 Å². The van der Waals surface area contributed by atoms with Gasteiger partial charge in [-0.25, -0.2) is 4.57 Å². The Hall–Kier alpha value is -0.960. The lowest BCUT2D eigenvalue weighted by Crippen LogP contribution is -2.64. The van der Waals surface area contributed by atoms with Gasteiger partial charge in [-0.3, -0.25) is 13.8 Å². The second-order valence-corrected chi connectivity index (χ2v) is 17.5. The van der Waals surface area contributed by atoms with Crippen LogP contribution in [-0.2, 0) is 18.4 Å². The SMILES string of the molecule is CCCCCCCCC/C=C\CCCCCC(O)CC(=O)NC(COP(=O)(O)OC1C(O)C(O)C(O)C(O)C1O)C(O)CCCCCCCCCCCCCC. The lowest BCUT2D eigenvalue weighted by atomic mass is 9.85. The summed E-state index contributed by atoms with van der Waals surface area (Å²) in [7, 11) is -5.11. The standard InChI is InChI=1S/C42H82NO12P/c1-3-5-7-9-11-13-15-17-18-19-21-23-25-27-29-33(44)31-36(46)43-34(35(45)30-28-26-24-22-20-16-14-12-10-8-6-4-2)32-54-56(52,53)55-42-40(50)38(48)37(47)39(49)41(42)51/h18-19,33-35,37-42,44-45,47-51H,3-17,20-32H2,1-2H3,(H,43,46)(H,52,53)/b19-18-. The minimum absolute atomic E-state index is 0.230. The van der Waals surface area contributed by atoms with Gasteiger partial charge >= 0.3 is 7.82 Å².